The first kappa shape index (κ1) is 24.2. The van der Waals surface area contributed by atoms with Crippen LogP contribution in [0.4, 0.5) is 0 Å². The number of hydrogen-bond donors (Lipinski definition) is 1. The average Bonchev–Trinajstić information content (AvgIpc) is 3.41. The van der Waals surface area contributed by atoms with Gasteiger partial charge in [-0.1, -0.05) is 12.1 Å². The summed E-state index contributed by atoms with van der Waals surface area (Å²) in [7, 11) is 1.68. The second-order valence-corrected chi connectivity index (χ2v) is 8.71. The fourth-order valence-electron chi connectivity index (χ4n) is 5.17. The van der Waals surface area contributed by atoms with E-state index in [4.69, 9.17) is 19.6 Å². The smallest absolute Gasteiger partial charge is 0.335 e. The minimum atomic E-state index is -0.265. The lowest BCUT2D eigenvalue weighted by Crippen LogP contribution is -2.34. The molecule has 34 heavy (non-hydrogen) atoms. The highest BCUT2D eigenvalue weighted by Gasteiger charge is 2.34. The molecule has 0 bridgehead atoms. The van der Waals surface area contributed by atoms with Crippen molar-refractivity contribution in [3.8, 4) is 16.9 Å². The lowest BCUT2D eigenvalue weighted by molar-refractivity contribution is -0.139. The van der Waals surface area contributed by atoms with E-state index in [1.165, 1.54) is 5.56 Å². The molecule has 2 aromatic heterocycles. The number of carbonyl (C=O) groups excluding carboxylic acids is 1. The number of esters is 1. The van der Waals surface area contributed by atoms with Gasteiger partial charge in [0.2, 0.25) is 0 Å². The van der Waals surface area contributed by atoms with Crippen LogP contribution < -0.4 is 10.1 Å². The number of nitrogens with one attached hydrogen (secondary N) is 1. The standard InChI is InChI=1S/C26H30N4O3.ClH/c1-5-33-26(31)20-9-7-13-27-23(20)24-19-8-6-10-21(19)28-25-22(16(3)29-30(24)25)18-12-11-17(32-4)14-15(18)2;/h9,11-12,14,23,27H,5-8,10,13H2,1-4H3;1H. The summed E-state index contributed by atoms with van der Waals surface area (Å²) in [5.41, 5.74) is 9.00. The summed E-state index contributed by atoms with van der Waals surface area (Å²) in [6, 6.07) is 5.83. The predicted octanol–water partition coefficient (Wildman–Crippen LogP) is 4.46. The first-order chi connectivity index (χ1) is 16.0. The third-order valence-corrected chi connectivity index (χ3v) is 6.66. The highest BCUT2D eigenvalue weighted by molar-refractivity contribution is 5.90. The Bertz CT molecular complexity index is 1280. The zero-order valence-electron chi connectivity index (χ0n) is 20.1. The zero-order valence-corrected chi connectivity index (χ0v) is 20.9. The number of hydrogen-bond acceptors (Lipinski definition) is 6. The van der Waals surface area contributed by atoms with Crippen LogP contribution in [0, 0.1) is 13.8 Å². The quantitative estimate of drug-likeness (QED) is 0.541. The minimum Gasteiger partial charge on any atom is -0.497 e. The van der Waals surface area contributed by atoms with E-state index < -0.39 is 0 Å². The molecule has 8 heteroatoms. The Morgan fingerprint density at radius 1 is 1.26 bits per heavy atom. The molecule has 2 aliphatic rings. The second kappa shape index (κ2) is 9.76. The molecular formula is C26H31ClN4O3. The molecule has 1 aromatic carbocycles. The van der Waals surface area contributed by atoms with Crippen molar-refractivity contribution in [1.82, 2.24) is 19.9 Å². The molecule has 7 nitrogen and oxygen atoms in total. The Labute approximate surface area is 206 Å². The van der Waals surface area contributed by atoms with E-state index in [-0.39, 0.29) is 24.4 Å². The molecule has 180 valence electrons. The molecule has 5 rings (SSSR count). The largest absolute Gasteiger partial charge is 0.497 e. The van der Waals surface area contributed by atoms with E-state index >= 15 is 0 Å². The van der Waals surface area contributed by atoms with Gasteiger partial charge in [0.15, 0.2) is 5.65 Å². The SMILES string of the molecule is CCOC(=O)C1=CCCNC1c1c2c(nc3c(-c4ccc(OC)cc4C)c(C)nn13)CCC2.Cl. The molecule has 0 amide bonds. The summed E-state index contributed by atoms with van der Waals surface area (Å²) in [5, 5.41) is 8.54. The second-order valence-electron chi connectivity index (χ2n) is 8.71. The van der Waals surface area contributed by atoms with Crippen molar-refractivity contribution in [2.45, 2.75) is 52.5 Å². The summed E-state index contributed by atoms with van der Waals surface area (Å²) in [6.45, 7) is 7.11. The van der Waals surface area contributed by atoms with Gasteiger partial charge in [-0.2, -0.15) is 5.10 Å². The molecule has 1 atom stereocenters. The van der Waals surface area contributed by atoms with Crippen molar-refractivity contribution < 1.29 is 14.3 Å². The minimum absolute atomic E-state index is 0. The van der Waals surface area contributed by atoms with Gasteiger partial charge in [0.05, 0.1) is 36.7 Å². The monoisotopic (exact) mass is 482 g/mol. The van der Waals surface area contributed by atoms with Crippen LogP contribution in [-0.2, 0) is 22.4 Å². The number of ether oxygens (including phenoxy) is 2. The molecule has 0 saturated heterocycles. The van der Waals surface area contributed by atoms with E-state index in [1.54, 1.807) is 7.11 Å². The number of aromatic nitrogens is 3. The molecule has 0 saturated carbocycles. The Hall–Kier alpha value is -2.90. The molecule has 0 spiro atoms. The average molecular weight is 483 g/mol. The number of aryl methyl sites for hydroxylation is 3. The Balaban J connectivity index is 0.00000274. The normalized spacial score (nSPS) is 17.2. The van der Waals surface area contributed by atoms with Crippen molar-refractivity contribution in [2.75, 3.05) is 20.3 Å². The molecular weight excluding hydrogens is 452 g/mol. The molecule has 1 aliphatic carbocycles. The van der Waals surface area contributed by atoms with Crippen LogP contribution in [0.25, 0.3) is 16.8 Å². The molecule has 3 heterocycles. The topological polar surface area (TPSA) is 77.8 Å². The van der Waals surface area contributed by atoms with Gasteiger partial charge in [0, 0.05) is 11.3 Å². The van der Waals surface area contributed by atoms with Crippen molar-refractivity contribution in [2.24, 2.45) is 0 Å². The number of carbonyl (C=O) groups is 1. The highest BCUT2D eigenvalue weighted by atomic mass is 35.5. The molecule has 0 radical (unpaired) electrons. The third kappa shape index (κ3) is 3.97. The Morgan fingerprint density at radius 3 is 2.82 bits per heavy atom. The van der Waals surface area contributed by atoms with Gasteiger partial charge in [-0.25, -0.2) is 14.3 Å². The van der Waals surface area contributed by atoms with Crippen LogP contribution in [-0.4, -0.2) is 40.8 Å². The number of fused-ring (bicyclic) bond motifs is 2. The van der Waals surface area contributed by atoms with Crippen LogP contribution in [0.1, 0.15) is 54.0 Å². The van der Waals surface area contributed by atoms with Crippen molar-refractivity contribution >= 4 is 24.0 Å². The maximum atomic E-state index is 12.8. The van der Waals surface area contributed by atoms with Crippen LogP contribution in [0.3, 0.4) is 0 Å². The fourth-order valence-corrected chi connectivity index (χ4v) is 5.17. The van der Waals surface area contributed by atoms with Crippen LogP contribution in [0.5, 0.6) is 5.75 Å². The van der Waals surface area contributed by atoms with Gasteiger partial charge in [-0.05, 0) is 81.8 Å². The van der Waals surface area contributed by atoms with E-state index in [0.717, 1.165) is 77.4 Å². The van der Waals surface area contributed by atoms with Crippen LogP contribution >= 0.6 is 12.4 Å². The first-order valence-electron chi connectivity index (χ1n) is 11.7. The molecule has 0 fully saturated rings. The molecule has 1 unspecified atom stereocenters. The van der Waals surface area contributed by atoms with Crippen LogP contribution in [0.15, 0.2) is 29.8 Å². The van der Waals surface area contributed by atoms with Crippen LogP contribution in [0.2, 0.25) is 0 Å². The van der Waals surface area contributed by atoms with Crippen molar-refractivity contribution in [3.63, 3.8) is 0 Å². The number of nitrogens with zero attached hydrogens (tertiary/aromatic N) is 3. The summed E-state index contributed by atoms with van der Waals surface area (Å²) >= 11 is 0. The highest BCUT2D eigenvalue weighted by Crippen LogP contribution is 2.38. The number of benzene rings is 1. The van der Waals surface area contributed by atoms with Gasteiger partial charge in [0.1, 0.15) is 5.75 Å². The van der Waals surface area contributed by atoms with Gasteiger partial charge < -0.3 is 14.8 Å². The molecule has 3 aromatic rings. The predicted molar refractivity (Wildman–Crippen MR) is 134 cm³/mol. The number of rotatable bonds is 5. The van der Waals surface area contributed by atoms with Gasteiger partial charge in [-0.3, -0.25) is 0 Å². The Morgan fingerprint density at radius 2 is 2.09 bits per heavy atom. The maximum absolute atomic E-state index is 12.8. The third-order valence-electron chi connectivity index (χ3n) is 6.66. The summed E-state index contributed by atoms with van der Waals surface area (Å²) in [5.74, 6) is 0.567. The van der Waals surface area contributed by atoms with E-state index in [0.29, 0.717) is 12.2 Å². The maximum Gasteiger partial charge on any atom is 0.335 e. The first-order valence-corrected chi connectivity index (χ1v) is 11.7. The molecule has 1 aliphatic heterocycles. The lowest BCUT2D eigenvalue weighted by Gasteiger charge is -2.27. The summed E-state index contributed by atoms with van der Waals surface area (Å²) < 4.78 is 12.8. The molecule has 1 N–H and O–H groups in total. The Kier molecular flexibility index (Phi) is 6.96. The van der Waals surface area contributed by atoms with E-state index in [1.807, 2.05) is 36.6 Å². The van der Waals surface area contributed by atoms with Gasteiger partial charge in [0.25, 0.3) is 0 Å². The van der Waals surface area contributed by atoms with E-state index in [2.05, 4.69) is 18.3 Å². The van der Waals surface area contributed by atoms with Gasteiger partial charge in [-0.15, -0.1) is 12.4 Å². The number of methoxy groups -OCH3 is 1. The summed E-state index contributed by atoms with van der Waals surface area (Å²) in [4.78, 5) is 17.9. The van der Waals surface area contributed by atoms with Crippen molar-refractivity contribution in [1.29, 1.82) is 0 Å². The zero-order chi connectivity index (χ0) is 23.1. The summed E-state index contributed by atoms with van der Waals surface area (Å²) in [6.07, 6.45) is 5.75. The van der Waals surface area contributed by atoms with Crippen molar-refractivity contribution in [3.05, 3.63) is 58.1 Å². The van der Waals surface area contributed by atoms with E-state index in [9.17, 15) is 4.79 Å². The van der Waals surface area contributed by atoms with Gasteiger partial charge >= 0.3 is 5.97 Å². The fraction of sp³-hybridized carbons (Fsp3) is 0.423. The lowest BCUT2D eigenvalue weighted by atomic mass is 9.94. The number of halogens is 1.